The molecule has 2 nitrogen and oxygen atoms in total. The first-order chi connectivity index (χ1) is 5.84. The van der Waals surface area contributed by atoms with Crippen molar-refractivity contribution in [2.45, 2.75) is 13.0 Å². The summed E-state index contributed by atoms with van der Waals surface area (Å²) in [6.45, 7) is 5.56. The Morgan fingerprint density at radius 1 is 1.58 bits per heavy atom. The van der Waals surface area contributed by atoms with E-state index < -0.39 is 0 Å². The monoisotopic (exact) mass is 160 g/mol. The fourth-order valence-corrected chi connectivity index (χ4v) is 0.889. The second-order valence-electron chi connectivity index (χ2n) is 2.46. The van der Waals surface area contributed by atoms with Crippen molar-refractivity contribution in [1.29, 1.82) is 0 Å². The maximum absolute atomic E-state index is 4.21. The van der Waals surface area contributed by atoms with Gasteiger partial charge < -0.3 is 0 Å². The van der Waals surface area contributed by atoms with Gasteiger partial charge in [-0.05, 0) is 19.1 Å². The van der Waals surface area contributed by atoms with Crippen LogP contribution in [0.5, 0.6) is 0 Å². The third-order valence-electron chi connectivity index (χ3n) is 1.53. The van der Waals surface area contributed by atoms with Crippen LogP contribution in [0, 0.1) is 0 Å². The van der Waals surface area contributed by atoms with Crippen LogP contribution < -0.4 is 0 Å². The molecule has 0 saturated heterocycles. The number of allylic oxidation sites excluding steroid dienone is 1. The largest absolute Gasteiger partial charge is 0.284 e. The van der Waals surface area contributed by atoms with Crippen LogP contribution in [0.2, 0.25) is 0 Å². The summed E-state index contributed by atoms with van der Waals surface area (Å²) in [6.07, 6.45) is 5.13. The van der Waals surface area contributed by atoms with E-state index in [0.29, 0.717) is 0 Å². The maximum Gasteiger partial charge on any atom is 0.0891 e. The third kappa shape index (κ3) is 2.31. The standard InChI is InChI=1S/C10H12N2/c1-3-7-11-9(2)10-6-4-5-8-12-10/h3-9H,1H2,2H3/b11-7-. The quantitative estimate of drug-likeness (QED) is 0.623. The van der Waals surface area contributed by atoms with Crippen LogP contribution >= 0.6 is 0 Å². The van der Waals surface area contributed by atoms with Gasteiger partial charge in [-0.1, -0.05) is 18.7 Å². The van der Waals surface area contributed by atoms with Crippen molar-refractivity contribution in [2.75, 3.05) is 0 Å². The van der Waals surface area contributed by atoms with Crippen molar-refractivity contribution in [3.05, 3.63) is 42.7 Å². The fourth-order valence-electron chi connectivity index (χ4n) is 0.889. The minimum absolute atomic E-state index is 0.115. The van der Waals surface area contributed by atoms with Crippen LogP contribution in [-0.4, -0.2) is 11.2 Å². The highest BCUT2D eigenvalue weighted by atomic mass is 14.8. The van der Waals surface area contributed by atoms with Crippen molar-refractivity contribution in [3.63, 3.8) is 0 Å². The van der Waals surface area contributed by atoms with Crippen molar-refractivity contribution in [1.82, 2.24) is 4.98 Å². The van der Waals surface area contributed by atoms with Gasteiger partial charge in [0.2, 0.25) is 0 Å². The van der Waals surface area contributed by atoms with E-state index in [1.165, 1.54) is 0 Å². The van der Waals surface area contributed by atoms with Crippen LogP contribution in [0.25, 0.3) is 0 Å². The van der Waals surface area contributed by atoms with Crippen molar-refractivity contribution < 1.29 is 0 Å². The van der Waals surface area contributed by atoms with E-state index in [0.717, 1.165) is 5.69 Å². The van der Waals surface area contributed by atoms with E-state index in [-0.39, 0.29) is 6.04 Å². The molecule has 1 aromatic rings. The van der Waals surface area contributed by atoms with E-state index in [1.807, 2.05) is 25.1 Å². The van der Waals surface area contributed by atoms with Crippen LogP contribution in [0.3, 0.4) is 0 Å². The highest BCUT2D eigenvalue weighted by molar-refractivity contribution is 5.70. The fraction of sp³-hybridized carbons (Fsp3) is 0.200. The number of pyridine rings is 1. The maximum atomic E-state index is 4.21. The van der Waals surface area contributed by atoms with Crippen molar-refractivity contribution >= 4 is 6.21 Å². The van der Waals surface area contributed by atoms with E-state index in [1.54, 1.807) is 18.5 Å². The number of hydrogen-bond acceptors (Lipinski definition) is 2. The molecule has 0 aromatic carbocycles. The molecule has 0 radical (unpaired) electrons. The predicted octanol–water partition coefficient (Wildman–Crippen LogP) is 2.40. The molecule has 1 atom stereocenters. The average molecular weight is 160 g/mol. The van der Waals surface area contributed by atoms with Crippen LogP contribution in [0.1, 0.15) is 18.7 Å². The molecular weight excluding hydrogens is 148 g/mol. The van der Waals surface area contributed by atoms with E-state index in [9.17, 15) is 0 Å². The van der Waals surface area contributed by atoms with E-state index in [2.05, 4.69) is 16.6 Å². The molecule has 0 bridgehead atoms. The first-order valence-electron chi connectivity index (χ1n) is 3.89. The lowest BCUT2D eigenvalue weighted by Crippen LogP contribution is -1.92. The van der Waals surface area contributed by atoms with Gasteiger partial charge in [0.05, 0.1) is 11.7 Å². The lowest BCUT2D eigenvalue weighted by Gasteiger charge is -2.02. The first-order valence-corrected chi connectivity index (χ1v) is 3.89. The Bertz CT molecular complexity index is 264. The summed E-state index contributed by atoms with van der Waals surface area (Å²) in [7, 11) is 0. The Morgan fingerprint density at radius 2 is 2.42 bits per heavy atom. The average Bonchev–Trinajstić information content (AvgIpc) is 2.15. The van der Waals surface area contributed by atoms with Gasteiger partial charge in [-0.3, -0.25) is 9.98 Å². The van der Waals surface area contributed by atoms with Gasteiger partial charge in [-0.25, -0.2) is 0 Å². The smallest absolute Gasteiger partial charge is 0.0891 e. The molecule has 1 aromatic heterocycles. The van der Waals surface area contributed by atoms with Gasteiger partial charge in [-0.2, -0.15) is 0 Å². The molecule has 1 heterocycles. The van der Waals surface area contributed by atoms with Crippen LogP contribution in [0.15, 0.2) is 42.0 Å². The molecule has 62 valence electrons. The van der Waals surface area contributed by atoms with E-state index in [4.69, 9.17) is 0 Å². The molecule has 0 saturated carbocycles. The molecule has 0 spiro atoms. The zero-order valence-electron chi connectivity index (χ0n) is 7.14. The highest BCUT2D eigenvalue weighted by Gasteiger charge is 2.00. The summed E-state index contributed by atoms with van der Waals surface area (Å²) in [5, 5.41) is 0. The summed E-state index contributed by atoms with van der Waals surface area (Å²) in [5.41, 5.74) is 0.982. The van der Waals surface area contributed by atoms with Gasteiger partial charge in [0.1, 0.15) is 0 Å². The van der Waals surface area contributed by atoms with E-state index >= 15 is 0 Å². The normalized spacial score (nSPS) is 13.1. The summed E-state index contributed by atoms with van der Waals surface area (Å²) in [5.74, 6) is 0. The van der Waals surface area contributed by atoms with Gasteiger partial charge >= 0.3 is 0 Å². The van der Waals surface area contributed by atoms with Gasteiger partial charge in [-0.15, -0.1) is 0 Å². The molecule has 0 amide bonds. The molecule has 1 unspecified atom stereocenters. The Morgan fingerprint density at radius 3 is 3.00 bits per heavy atom. The van der Waals surface area contributed by atoms with Crippen molar-refractivity contribution in [2.24, 2.45) is 4.99 Å². The highest BCUT2D eigenvalue weighted by Crippen LogP contribution is 2.11. The van der Waals surface area contributed by atoms with Crippen molar-refractivity contribution in [3.8, 4) is 0 Å². The predicted molar refractivity (Wildman–Crippen MR) is 51.3 cm³/mol. The molecule has 1 rings (SSSR count). The van der Waals surface area contributed by atoms with Crippen LogP contribution in [-0.2, 0) is 0 Å². The lowest BCUT2D eigenvalue weighted by molar-refractivity contribution is 0.788. The minimum atomic E-state index is 0.115. The second kappa shape index (κ2) is 4.44. The first kappa shape index (κ1) is 8.65. The molecule has 0 aliphatic carbocycles. The molecule has 0 N–H and O–H groups in total. The molecule has 2 heteroatoms. The van der Waals surface area contributed by atoms with Gasteiger partial charge in [0.15, 0.2) is 0 Å². The Balaban J connectivity index is 2.71. The summed E-state index contributed by atoms with van der Waals surface area (Å²) in [6, 6.07) is 5.94. The number of aromatic nitrogens is 1. The Labute approximate surface area is 72.7 Å². The lowest BCUT2D eigenvalue weighted by atomic mass is 10.2. The number of aliphatic imine (C=N–C) groups is 1. The van der Waals surface area contributed by atoms with Crippen LogP contribution in [0.4, 0.5) is 0 Å². The Hall–Kier alpha value is -1.44. The molecule has 0 aliphatic rings. The number of nitrogens with zero attached hydrogens (tertiary/aromatic N) is 2. The topological polar surface area (TPSA) is 25.2 Å². The minimum Gasteiger partial charge on any atom is -0.284 e. The number of hydrogen-bond donors (Lipinski definition) is 0. The molecule has 0 fully saturated rings. The Kier molecular flexibility index (Phi) is 3.20. The molecular formula is C10H12N2. The summed E-state index contributed by atoms with van der Waals surface area (Å²) < 4.78 is 0. The summed E-state index contributed by atoms with van der Waals surface area (Å²) in [4.78, 5) is 8.39. The second-order valence-corrected chi connectivity index (χ2v) is 2.46. The van der Waals surface area contributed by atoms with Gasteiger partial charge in [0, 0.05) is 12.4 Å². The zero-order chi connectivity index (χ0) is 8.81. The SMILES string of the molecule is C=C/C=N\C(C)c1ccccn1. The zero-order valence-corrected chi connectivity index (χ0v) is 7.14. The summed E-state index contributed by atoms with van der Waals surface area (Å²) >= 11 is 0. The molecule has 0 aliphatic heterocycles. The third-order valence-corrected chi connectivity index (χ3v) is 1.53. The molecule has 12 heavy (non-hydrogen) atoms. The number of rotatable bonds is 3. The van der Waals surface area contributed by atoms with Gasteiger partial charge in [0.25, 0.3) is 0 Å².